The standard InChI is InChI=1S/C18H37NO2/c1-14(2)7-5-9-16(4)19-12-17(20)13-21-18-10-6-8-15(3)11-18/h14-20H,5-13H2,1-4H3. The fraction of sp³-hybridized carbons (Fsp3) is 1.00. The summed E-state index contributed by atoms with van der Waals surface area (Å²) in [5.74, 6) is 1.56. The molecule has 0 aromatic carbocycles. The Kier molecular flexibility index (Phi) is 9.54. The number of aliphatic hydroxyl groups excluding tert-OH is 1. The lowest BCUT2D eigenvalue weighted by Gasteiger charge is -2.28. The maximum atomic E-state index is 10.0. The Hall–Kier alpha value is -0.120. The fourth-order valence-corrected chi connectivity index (χ4v) is 3.11. The summed E-state index contributed by atoms with van der Waals surface area (Å²) in [5, 5.41) is 13.4. The Morgan fingerprint density at radius 2 is 1.95 bits per heavy atom. The van der Waals surface area contributed by atoms with Crippen LogP contribution in [-0.4, -0.2) is 36.5 Å². The summed E-state index contributed by atoms with van der Waals surface area (Å²) >= 11 is 0. The van der Waals surface area contributed by atoms with Gasteiger partial charge in [0.25, 0.3) is 0 Å². The quantitative estimate of drug-likeness (QED) is 0.645. The van der Waals surface area contributed by atoms with Crippen molar-refractivity contribution in [2.24, 2.45) is 11.8 Å². The molecule has 21 heavy (non-hydrogen) atoms. The molecule has 0 aromatic heterocycles. The molecular weight excluding hydrogens is 262 g/mol. The smallest absolute Gasteiger partial charge is 0.0897 e. The minimum absolute atomic E-state index is 0.367. The van der Waals surface area contributed by atoms with Crippen molar-refractivity contribution in [2.75, 3.05) is 13.2 Å². The molecule has 0 spiro atoms. The summed E-state index contributed by atoms with van der Waals surface area (Å²) in [7, 11) is 0. The largest absolute Gasteiger partial charge is 0.389 e. The van der Waals surface area contributed by atoms with Crippen LogP contribution in [0.3, 0.4) is 0 Å². The zero-order valence-corrected chi connectivity index (χ0v) is 14.6. The Morgan fingerprint density at radius 3 is 2.62 bits per heavy atom. The average molecular weight is 299 g/mol. The van der Waals surface area contributed by atoms with Gasteiger partial charge >= 0.3 is 0 Å². The molecule has 0 aromatic rings. The summed E-state index contributed by atoms with van der Waals surface area (Å²) in [6.45, 7) is 10.2. The van der Waals surface area contributed by atoms with Crippen LogP contribution in [0.15, 0.2) is 0 Å². The highest BCUT2D eigenvalue weighted by Gasteiger charge is 2.20. The van der Waals surface area contributed by atoms with E-state index in [2.05, 4.69) is 33.0 Å². The van der Waals surface area contributed by atoms with E-state index in [0.29, 0.717) is 25.3 Å². The van der Waals surface area contributed by atoms with Crippen LogP contribution in [0.1, 0.15) is 72.6 Å². The van der Waals surface area contributed by atoms with Gasteiger partial charge in [0.1, 0.15) is 0 Å². The highest BCUT2D eigenvalue weighted by Crippen LogP contribution is 2.25. The molecule has 1 rings (SSSR count). The van der Waals surface area contributed by atoms with Gasteiger partial charge < -0.3 is 15.2 Å². The minimum Gasteiger partial charge on any atom is -0.389 e. The fourth-order valence-electron chi connectivity index (χ4n) is 3.11. The van der Waals surface area contributed by atoms with Crippen molar-refractivity contribution < 1.29 is 9.84 Å². The Labute approximate surface area is 131 Å². The molecule has 0 saturated heterocycles. The molecule has 4 atom stereocenters. The molecular formula is C18H37NO2. The van der Waals surface area contributed by atoms with Gasteiger partial charge in [-0.05, 0) is 38.0 Å². The highest BCUT2D eigenvalue weighted by atomic mass is 16.5. The minimum atomic E-state index is -0.380. The van der Waals surface area contributed by atoms with Crippen molar-refractivity contribution in [3.05, 3.63) is 0 Å². The molecule has 0 radical (unpaired) electrons. The van der Waals surface area contributed by atoms with Crippen LogP contribution in [0.25, 0.3) is 0 Å². The van der Waals surface area contributed by atoms with E-state index >= 15 is 0 Å². The molecule has 4 unspecified atom stereocenters. The van der Waals surface area contributed by atoms with E-state index in [0.717, 1.165) is 24.7 Å². The van der Waals surface area contributed by atoms with Crippen molar-refractivity contribution >= 4 is 0 Å². The third kappa shape index (κ3) is 9.49. The first-order valence-corrected chi connectivity index (χ1v) is 9.00. The van der Waals surface area contributed by atoms with Gasteiger partial charge in [-0.1, -0.05) is 46.5 Å². The molecule has 3 nitrogen and oxygen atoms in total. The summed E-state index contributed by atoms with van der Waals surface area (Å²) in [5.41, 5.74) is 0. The lowest BCUT2D eigenvalue weighted by Crippen LogP contribution is -2.37. The third-order valence-electron chi connectivity index (χ3n) is 4.53. The summed E-state index contributed by atoms with van der Waals surface area (Å²) in [4.78, 5) is 0. The lowest BCUT2D eigenvalue weighted by atomic mass is 9.89. The van der Waals surface area contributed by atoms with Crippen molar-refractivity contribution in [3.63, 3.8) is 0 Å². The number of hydrogen-bond donors (Lipinski definition) is 2. The van der Waals surface area contributed by atoms with Crippen LogP contribution >= 0.6 is 0 Å². The second-order valence-electron chi connectivity index (χ2n) is 7.51. The van der Waals surface area contributed by atoms with Crippen molar-refractivity contribution in [2.45, 2.75) is 90.9 Å². The summed E-state index contributed by atoms with van der Waals surface area (Å²) < 4.78 is 5.87. The van der Waals surface area contributed by atoms with Gasteiger partial charge in [0.2, 0.25) is 0 Å². The van der Waals surface area contributed by atoms with Crippen LogP contribution in [0.5, 0.6) is 0 Å². The molecule has 0 aliphatic heterocycles. The van der Waals surface area contributed by atoms with E-state index in [4.69, 9.17) is 4.74 Å². The average Bonchev–Trinajstić information content (AvgIpc) is 2.42. The van der Waals surface area contributed by atoms with Crippen molar-refractivity contribution in [3.8, 4) is 0 Å². The molecule has 1 aliphatic rings. The predicted octanol–water partition coefficient (Wildman–Crippen LogP) is 3.75. The second-order valence-corrected chi connectivity index (χ2v) is 7.51. The number of hydrogen-bond acceptors (Lipinski definition) is 3. The van der Waals surface area contributed by atoms with Crippen LogP contribution in [-0.2, 0) is 4.74 Å². The monoisotopic (exact) mass is 299 g/mol. The van der Waals surface area contributed by atoms with Crippen molar-refractivity contribution in [1.82, 2.24) is 5.32 Å². The zero-order chi connectivity index (χ0) is 15.7. The number of aliphatic hydroxyl groups is 1. The molecule has 3 heteroatoms. The van der Waals surface area contributed by atoms with E-state index in [1.54, 1.807) is 0 Å². The molecule has 1 fully saturated rings. The van der Waals surface area contributed by atoms with Crippen LogP contribution in [0.4, 0.5) is 0 Å². The van der Waals surface area contributed by atoms with E-state index in [1.165, 1.54) is 32.1 Å². The van der Waals surface area contributed by atoms with E-state index in [9.17, 15) is 5.11 Å². The van der Waals surface area contributed by atoms with Gasteiger partial charge in [0, 0.05) is 12.6 Å². The van der Waals surface area contributed by atoms with Gasteiger partial charge in [-0.15, -0.1) is 0 Å². The van der Waals surface area contributed by atoms with Gasteiger partial charge in [-0.3, -0.25) is 0 Å². The molecule has 2 N–H and O–H groups in total. The van der Waals surface area contributed by atoms with E-state index < -0.39 is 0 Å². The van der Waals surface area contributed by atoms with Crippen LogP contribution < -0.4 is 5.32 Å². The normalized spacial score (nSPS) is 26.0. The summed E-state index contributed by atoms with van der Waals surface area (Å²) in [6, 6.07) is 0.480. The molecule has 1 saturated carbocycles. The predicted molar refractivity (Wildman–Crippen MR) is 89.5 cm³/mol. The Balaban J connectivity index is 2.03. The summed E-state index contributed by atoms with van der Waals surface area (Å²) in [6.07, 6.45) is 8.65. The molecule has 0 amide bonds. The van der Waals surface area contributed by atoms with E-state index in [-0.39, 0.29) is 6.10 Å². The maximum absolute atomic E-state index is 10.0. The molecule has 1 aliphatic carbocycles. The first-order valence-electron chi connectivity index (χ1n) is 9.00. The van der Waals surface area contributed by atoms with Gasteiger partial charge in [0.05, 0.1) is 18.8 Å². The Morgan fingerprint density at radius 1 is 1.19 bits per heavy atom. The molecule has 0 bridgehead atoms. The first kappa shape index (κ1) is 18.9. The molecule has 126 valence electrons. The third-order valence-corrected chi connectivity index (χ3v) is 4.53. The highest BCUT2D eigenvalue weighted by molar-refractivity contribution is 4.72. The van der Waals surface area contributed by atoms with Gasteiger partial charge in [-0.2, -0.15) is 0 Å². The number of rotatable bonds is 10. The number of ether oxygens (including phenoxy) is 1. The van der Waals surface area contributed by atoms with Gasteiger partial charge in [0.15, 0.2) is 0 Å². The topological polar surface area (TPSA) is 41.5 Å². The second kappa shape index (κ2) is 10.6. The zero-order valence-electron chi connectivity index (χ0n) is 14.6. The molecule has 0 heterocycles. The van der Waals surface area contributed by atoms with Crippen molar-refractivity contribution in [1.29, 1.82) is 0 Å². The van der Waals surface area contributed by atoms with Crippen LogP contribution in [0.2, 0.25) is 0 Å². The van der Waals surface area contributed by atoms with Gasteiger partial charge in [-0.25, -0.2) is 0 Å². The Bertz CT molecular complexity index is 258. The lowest BCUT2D eigenvalue weighted by molar-refractivity contribution is -0.0311. The maximum Gasteiger partial charge on any atom is 0.0897 e. The van der Waals surface area contributed by atoms with E-state index in [1.807, 2.05) is 0 Å². The number of nitrogens with one attached hydrogen (secondary N) is 1. The van der Waals surface area contributed by atoms with Crippen LogP contribution in [0, 0.1) is 11.8 Å². The SMILES string of the molecule is CC(C)CCCC(C)NCC(O)COC1CCCC(C)C1. The first-order chi connectivity index (χ1) is 9.97.